The average molecular weight is 574 g/mol. The van der Waals surface area contributed by atoms with Gasteiger partial charge in [0.15, 0.2) is 18.6 Å². The molecule has 3 aromatic rings. The third-order valence-electron chi connectivity index (χ3n) is 10.6. The average Bonchev–Trinajstić information content (AvgIpc) is 3.34. The van der Waals surface area contributed by atoms with Crippen LogP contribution in [0.25, 0.3) is 5.65 Å². The minimum Gasteiger partial charge on any atom is -0.350 e. The Hall–Kier alpha value is -4.10. The molecule has 2 amide bonds. The van der Waals surface area contributed by atoms with Gasteiger partial charge in [-0.05, 0) is 58.6 Å². The molecule has 9 rings (SSSR count). The van der Waals surface area contributed by atoms with Gasteiger partial charge in [0, 0.05) is 19.2 Å². The number of aromatic nitrogens is 3. The fourth-order valence-electron chi connectivity index (χ4n) is 9.42. The molecule has 6 aliphatic carbocycles. The lowest BCUT2D eigenvalue weighted by atomic mass is 8.92. The molecule has 2 aromatic heterocycles. The van der Waals surface area contributed by atoms with E-state index < -0.39 is 41.7 Å². The van der Waals surface area contributed by atoms with Crippen LogP contribution in [0, 0.1) is 58.0 Å². The van der Waals surface area contributed by atoms with Crippen molar-refractivity contribution in [2.45, 2.75) is 12.7 Å². The second-order valence-electron chi connectivity index (χ2n) is 11.6. The summed E-state index contributed by atoms with van der Waals surface area (Å²) in [5.74, 6) is -1.22. The van der Waals surface area contributed by atoms with E-state index in [-0.39, 0.29) is 39.4 Å². The smallest absolute Gasteiger partial charge is 0.350 e. The van der Waals surface area contributed by atoms with E-state index in [1.807, 2.05) is 0 Å². The molecule has 6 fully saturated rings. The molecule has 6 saturated carbocycles. The van der Waals surface area contributed by atoms with Gasteiger partial charge in [-0.2, -0.15) is 18.3 Å². The van der Waals surface area contributed by atoms with Crippen LogP contribution in [0.4, 0.5) is 22.0 Å². The van der Waals surface area contributed by atoms with Crippen molar-refractivity contribution in [1.82, 2.24) is 25.2 Å². The van der Waals surface area contributed by atoms with Crippen LogP contribution in [0.3, 0.4) is 0 Å². The van der Waals surface area contributed by atoms with Gasteiger partial charge in [0.2, 0.25) is 0 Å². The number of esters is 1. The first-order valence-corrected chi connectivity index (χ1v) is 13.0. The molecule has 0 bridgehead atoms. The van der Waals surface area contributed by atoms with Crippen molar-refractivity contribution >= 4 is 23.4 Å². The van der Waals surface area contributed by atoms with Crippen LogP contribution in [-0.4, -0.2) is 50.8 Å². The number of benzene rings is 1. The maximum absolute atomic E-state index is 14.4. The summed E-state index contributed by atoms with van der Waals surface area (Å²) in [4.78, 5) is 40.4. The van der Waals surface area contributed by atoms with E-state index in [4.69, 9.17) is 4.74 Å². The van der Waals surface area contributed by atoms with Crippen molar-refractivity contribution in [3.8, 4) is 0 Å². The molecular weight excluding hydrogens is 553 g/mol. The number of carbonyl (C=O) groups excluding carboxylic acids is 3. The molecule has 0 spiro atoms. The third kappa shape index (κ3) is 2.56. The molecule has 2 heterocycles. The largest absolute Gasteiger partial charge is 0.489 e. The van der Waals surface area contributed by atoms with Crippen LogP contribution in [0.15, 0.2) is 30.5 Å². The number of carbonyl (C=O) groups is 2. The quantitative estimate of drug-likeness (QED) is 0.256. The summed E-state index contributed by atoms with van der Waals surface area (Å²) in [5, 5.41) is 9.16. The summed E-state index contributed by atoms with van der Waals surface area (Å²) in [6, 6.07) is 3.47. The van der Waals surface area contributed by atoms with Crippen molar-refractivity contribution in [3.63, 3.8) is 0 Å². The lowest BCUT2D eigenvalue weighted by Crippen LogP contribution is -3.11. The van der Waals surface area contributed by atoms with Crippen LogP contribution in [0.1, 0.15) is 32.1 Å². The van der Waals surface area contributed by atoms with Crippen molar-refractivity contribution in [1.29, 1.82) is 0 Å². The fraction of sp³-hybridized carbons (Fsp3) is 0.444. The number of alkyl halides is 3. The number of ether oxygens (including phenoxy) is 1. The lowest BCUT2D eigenvalue weighted by Gasteiger charge is -3.09. The number of halogens is 5. The number of hydrogen-bond donors (Lipinski definition) is 2. The van der Waals surface area contributed by atoms with Crippen LogP contribution < -0.4 is 10.6 Å². The normalized spacial score (nSPS) is 34.3. The molecule has 9 nitrogen and oxygen atoms in total. The summed E-state index contributed by atoms with van der Waals surface area (Å²) >= 11 is 0. The van der Waals surface area contributed by atoms with Crippen molar-refractivity contribution in [2.75, 3.05) is 13.7 Å². The van der Waals surface area contributed by atoms with E-state index >= 15 is 0 Å². The fourth-order valence-corrected chi connectivity index (χ4v) is 9.42. The Kier molecular flexibility index (Phi) is 4.45. The Morgan fingerprint density at radius 2 is 1.71 bits per heavy atom. The Labute approximate surface area is 227 Å². The Morgan fingerprint density at radius 1 is 1.02 bits per heavy atom. The van der Waals surface area contributed by atoms with Gasteiger partial charge in [0.1, 0.15) is 22.6 Å². The van der Waals surface area contributed by atoms with Crippen LogP contribution >= 0.6 is 0 Å². The van der Waals surface area contributed by atoms with Gasteiger partial charge in [-0.1, -0.05) is 6.07 Å². The maximum atomic E-state index is 14.4. The van der Waals surface area contributed by atoms with E-state index in [0.717, 1.165) is 22.8 Å². The zero-order valence-corrected chi connectivity index (χ0v) is 21.2. The van der Waals surface area contributed by atoms with E-state index in [9.17, 15) is 36.3 Å². The zero-order valence-electron chi connectivity index (χ0n) is 21.2. The number of amides is 2. The summed E-state index contributed by atoms with van der Waals surface area (Å²) in [6.07, 6.45) is -4.06. The molecule has 3 N–H and O–H groups in total. The topological polar surface area (TPSA) is 119 Å². The molecular formula is C27H21F5N5O4+. The van der Waals surface area contributed by atoms with Gasteiger partial charge in [-0.25, -0.2) is 18.3 Å². The minimum absolute atomic E-state index is 0.00241. The summed E-state index contributed by atoms with van der Waals surface area (Å²) in [5.41, 5.74) is -2.52. The highest BCUT2D eigenvalue weighted by Gasteiger charge is 3.13. The highest BCUT2D eigenvalue weighted by molar-refractivity contribution is 5.98. The van der Waals surface area contributed by atoms with Gasteiger partial charge < -0.3 is 20.2 Å². The summed E-state index contributed by atoms with van der Waals surface area (Å²) in [7, 11) is 1.47. The number of methoxy groups -OCH3 is 1. The Balaban J connectivity index is 0.987. The number of nitrogens with one attached hydrogen (secondary N) is 2. The zero-order chi connectivity index (χ0) is 28.8. The summed E-state index contributed by atoms with van der Waals surface area (Å²) < 4.78 is 73.2. The number of rotatable bonds is 7. The molecule has 0 radical (unpaired) electrons. The van der Waals surface area contributed by atoms with Crippen molar-refractivity contribution in [3.05, 3.63) is 64.6 Å². The van der Waals surface area contributed by atoms with Crippen molar-refractivity contribution in [2.24, 2.45) is 46.3 Å². The van der Waals surface area contributed by atoms with E-state index in [1.165, 1.54) is 7.11 Å². The lowest BCUT2D eigenvalue weighted by molar-refractivity contribution is -0.638. The van der Waals surface area contributed by atoms with E-state index in [1.54, 1.807) is 0 Å². The van der Waals surface area contributed by atoms with Crippen LogP contribution in [0.2, 0.25) is 0 Å². The van der Waals surface area contributed by atoms with Gasteiger partial charge in [0.25, 0.3) is 11.8 Å². The predicted molar refractivity (Wildman–Crippen MR) is 128 cm³/mol. The second-order valence-corrected chi connectivity index (χ2v) is 11.6. The molecule has 0 saturated heterocycles. The minimum atomic E-state index is -4.91. The van der Waals surface area contributed by atoms with Gasteiger partial charge >= 0.3 is 12.1 Å². The molecule has 1 aromatic carbocycles. The second kappa shape index (κ2) is 7.39. The highest BCUT2D eigenvalue weighted by Crippen LogP contribution is 3.10. The van der Waals surface area contributed by atoms with Crippen LogP contribution in [-0.2, 0) is 17.5 Å². The SMILES string of the molecule is COC(=[OH+])C12C3C4C1C1C2C3C41CNC(=O)c1cc(C(=O)NCc2ccc(F)c(C(F)(F)F)c2)nc2c(F)cnn12. The highest BCUT2D eigenvalue weighted by atomic mass is 19.4. The molecule has 14 heteroatoms. The molecule has 0 aliphatic heterocycles. The number of nitrogens with zero attached hydrogens (tertiary/aromatic N) is 3. The maximum Gasteiger partial charge on any atom is 0.489 e. The van der Waals surface area contributed by atoms with Gasteiger partial charge in [0.05, 0.1) is 11.8 Å². The van der Waals surface area contributed by atoms with E-state index in [0.29, 0.717) is 54.2 Å². The summed E-state index contributed by atoms with van der Waals surface area (Å²) in [6.45, 7) is 0.00637. The van der Waals surface area contributed by atoms with E-state index in [2.05, 4.69) is 20.7 Å². The molecule has 41 heavy (non-hydrogen) atoms. The predicted octanol–water partition coefficient (Wildman–Crippen LogP) is 2.57. The monoisotopic (exact) mass is 574 g/mol. The standard InChI is InChI=1S/C27H20F5N5O4/c1-41-24(40)26-18-15-19(26)17-20(26)16(18)25(15,17)8-34-23(39)14-5-13(36-21-12(29)7-35-37(14)21)22(38)33-6-9-2-3-11(28)10(4-9)27(30,31)32/h2-5,7,15-20H,6,8H2,1H3,(H,33,38)(H,34,39)/p+1. The first-order chi connectivity index (χ1) is 19.5. The van der Waals surface area contributed by atoms with Crippen LogP contribution in [0.5, 0.6) is 0 Å². The number of fused-ring (bicyclic) bond motifs is 1. The van der Waals surface area contributed by atoms with Gasteiger partial charge in [-0.3, -0.25) is 9.59 Å². The molecule has 212 valence electrons. The first-order valence-electron chi connectivity index (χ1n) is 13.0. The van der Waals surface area contributed by atoms with Crippen molar-refractivity contribution < 1.29 is 41.1 Å². The Bertz CT molecular complexity index is 1680. The Morgan fingerprint density at radius 3 is 2.34 bits per heavy atom. The van der Waals surface area contributed by atoms with Gasteiger partial charge in [-0.15, -0.1) is 0 Å². The molecule has 0 atom stereocenters. The molecule has 0 unspecified atom stereocenters. The molecule has 6 aliphatic rings. The number of hydrogen-bond acceptors (Lipinski definition) is 5. The third-order valence-corrected chi connectivity index (χ3v) is 10.6. The first kappa shape index (κ1) is 24.7.